The first-order valence-electron chi connectivity index (χ1n) is 13.1. The monoisotopic (exact) mass is 545 g/mol. The van der Waals surface area contributed by atoms with Gasteiger partial charge in [0.2, 0.25) is 0 Å². The van der Waals surface area contributed by atoms with Gasteiger partial charge in [-0.05, 0) is 37.6 Å². The molecule has 7 rings (SSSR count). The highest BCUT2D eigenvalue weighted by Gasteiger charge is 2.40. The van der Waals surface area contributed by atoms with Crippen LogP contribution in [0, 0.1) is 5.92 Å². The molecule has 11 heteroatoms. The van der Waals surface area contributed by atoms with Gasteiger partial charge in [0.05, 0.1) is 43.7 Å². The number of likely N-dealkylation sites (tertiary alicyclic amines) is 1. The summed E-state index contributed by atoms with van der Waals surface area (Å²) in [5.41, 5.74) is 2.83. The third-order valence-electron chi connectivity index (χ3n) is 7.83. The van der Waals surface area contributed by atoms with Crippen molar-refractivity contribution in [3.8, 4) is 22.8 Å². The zero-order valence-electron chi connectivity index (χ0n) is 21.4. The van der Waals surface area contributed by atoms with Crippen molar-refractivity contribution in [3.05, 3.63) is 69.4 Å². The van der Waals surface area contributed by atoms with Crippen LogP contribution in [0.25, 0.3) is 31.8 Å². The van der Waals surface area contributed by atoms with Gasteiger partial charge in [-0.3, -0.25) is 9.36 Å². The fourth-order valence-corrected chi connectivity index (χ4v) is 6.90. The molecule has 39 heavy (non-hydrogen) atoms. The molecule has 2 aliphatic heterocycles. The van der Waals surface area contributed by atoms with E-state index in [1.54, 1.807) is 31.9 Å². The second-order valence-electron chi connectivity index (χ2n) is 10.1. The Hall–Kier alpha value is -3.96. The number of aromatic amines is 1. The molecular weight excluding hydrogens is 518 g/mol. The predicted molar refractivity (Wildman–Crippen MR) is 148 cm³/mol. The van der Waals surface area contributed by atoms with Gasteiger partial charge >= 0.3 is 5.69 Å². The third-order valence-corrected chi connectivity index (χ3v) is 8.90. The summed E-state index contributed by atoms with van der Waals surface area (Å²) < 4.78 is 18.6. The van der Waals surface area contributed by atoms with E-state index in [1.165, 1.54) is 21.5 Å². The Morgan fingerprint density at radius 3 is 2.92 bits per heavy atom. The van der Waals surface area contributed by atoms with E-state index in [0.717, 1.165) is 49.5 Å². The minimum atomic E-state index is -0.421. The molecule has 0 bridgehead atoms. The maximum atomic E-state index is 13.3. The van der Waals surface area contributed by atoms with Crippen LogP contribution in [0.3, 0.4) is 0 Å². The van der Waals surface area contributed by atoms with Crippen molar-refractivity contribution < 1.29 is 13.9 Å². The minimum Gasteiger partial charge on any atom is -0.496 e. The van der Waals surface area contributed by atoms with Crippen molar-refractivity contribution in [2.24, 2.45) is 5.92 Å². The molecule has 4 aromatic heterocycles. The molecule has 0 spiro atoms. The molecule has 0 unspecified atom stereocenters. The Morgan fingerprint density at radius 2 is 2.08 bits per heavy atom. The first-order valence-corrected chi connectivity index (χ1v) is 13.9. The van der Waals surface area contributed by atoms with Gasteiger partial charge in [-0.25, -0.2) is 14.8 Å². The van der Waals surface area contributed by atoms with E-state index in [0.29, 0.717) is 51.2 Å². The first-order chi connectivity index (χ1) is 19.1. The molecule has 0 radical (unpaired) electrons. The number of nitrogens with zero attached hydrogens (tertiary/aromatic N) is 4. The first kappa shape index (κ1) is 24.1. The highest BCUT2D eigenvalue weighted by molar-refractivity contribution is 7.25. The highest BCUT2D eigenvalue weighted by atomic mass is 32.1. The van der Waals surface area contributed by atoms with Gasteiger partial charge in [-0.15, -0.1) is 11.3 Å². The highest BCUT2D eigenvalue weighted by Crippen LogP contribution is 2.46. The lowest BCUT2D eigenvalue weighted by atomic mass is 9.86. The van der Waals surface area contributed by atoms with Crippen LogP contribution in [-0.2, 0) is 6.54 Å². The topological polar surface area (TPSA) is 115 Å². The van der Waals surface area contributed by atoms with Crippen LogP contribution in [0.5, 0.6) is 11.5 Å². The van der Waals surface area contributed by atoms with Crippen LogP contribution >= 0.6 is 11.3 Å². The van der Waals surface area contributed by atoms with Gasteiger partial charge in [-0.2, -0.15) is 0 Å². The number of ether oxygens (including phenoxy) is 2. The zero-order chi connectivity index (χ0) is 26.5. The van der Waals surface area contributed by atoms with Crippen LogP contribution < -0.4 is 20.7 Å². The van der Waals surface area contributed by atoms with Gasteiger partial charge in [0.1, 0.15) is 26.5 Å². The third kappa shape index (κ3) is 4.12. The number of rotatable bonds is 7. The number of fused-ring (bicyclic) bond motifs is 6. The Morgan fingerprint density at radius 1 is 1.18 bits per heavy atom. The predicted octanol–water partition coefficient (Wildman–Crippen LogP) is 3.85. The van der Waals surface area contributed by atoms with Crippen molar-refractivity contribution in [2.45, 2.75) is 25.3 Å². The van der Waals surface area contributed by atoms with E-state index in [9.17, 15) is 9.59 Å². The summed E-state index contributed by atoms with van der Waals surface area (Å²) in [6.07, 6.45) is 6.40. The summed E-state index contributed by atoms with van der Waals surface area (Å²) >= 11 is 1.25. The number of H-pyrrole nitrogens is 1. The van der Waals surface area contributed by atoms with Gasteiger partial charge in [0.25, 0.3) is 5.56 Å². The number of aromatic nitrogens is 4. The quantitative estimate of drug-likeness (QED) is 0.307. The average molecular weight is 546 g/mol. The minimum absolute atomic E-state index is 0.295. The van der Waals surface area contributed by atoms with Crippen LogP contribution in [0.1, 0.15) is 24.3 Å². The smallest absolute Gasteiger partial charge is 0.328 e. The fourth-order valence-electron chi connectivity index (χ4n) is 5.91. The molecule has 2 atom stereocenters. The summed E-state index contributed by atoms with van der Waals surface area (Å²) in [6.45, 7) is 3.90. The molecule has 1 saturated heterocycles. The summed E-state index contributed by atoms with van der Waals surface area (Å²) in [4.78, 5) is 41.3. The summed E-state index contributed by atoms with van der Waals surface area (Å²) in [6, 6.07) is 7.78. The van der Waals surface area contributed by atoms with Gasteiger partial charge < -0.3 is 23.8 Å². The van der Waals surface area contributed by atoms with Crippen molar-refractivity contribution in [1.29, 1.82) is 0 Å². The molecule has 0 amide bonds. The summed E-state index contributed by atoms with van der Waals surface area (Å²) in [5, 5.41) is 0. The number of methoxy groups -OCH3 is 1. The standard InChI is InChI=1S/C28H27N5O5S/c1-36-20-5-4-6-21-22(20)18-13-32(12-17(18)15-38-21)8-2-3-9-33-27(34)25-23(31-28(33)35)24-26(39-25)29-11-19(30-24)16-7-10-37-14-16/h4-7,10-11,14,17-18H,2-3,8-9,12-13,15H2,1H3,(H,31,35)/t17-,18-/m1/s1. The molecule has 1 N–H and O–H groups in total. The number of hydrogen-bond donors (Lipinski definition) is 1. The Kier molecular flexibility index (Phi) is 5.97. The van der Waals surface area contributed by atoms with Gasteiger partial charge in [0, 0.05) is 42.6 Å². The average Bonchev–Trinajstić information content (AvgIpc) is 3.71. The van der Waals surface area contributed by atoms with Crippen molar-refractivity contribution in [3.63, 3.8) is 0 Å². The van der Waals surface area contributed by atoms with E-state index in [4.69, 9.17) is 13.9 Å². The van der Waals surface area contributed by atoms with E-state index >= 15 is 0 Å². The lowest BCUT2D eigenvalue weighted by Crippen LogP contribution is -2.34. The molecule has 2 aliphatic rings. The number of nitrogens with one attached hydrogen (secondary N) is 1. The molecule has 0 aliphatic carbocycles. The number of thiophene rings is 1. The van der Waals surface area contributed by atoms with E-state index in [1.807, 2.05) is 18.2 Å². The van der Waals surface area contributed by atoms with Crippen LogP contribution in [0.2, 0.25) is 0 Å². The molecule has 1 aromatic carbocycles. The van der Waals surface area contributed by atoms with E-state index in [-0.39, 0.29) is 5.56 Å². The van der Waals surface area contributed by atoms with Crippen LogP contribution in [0.15, 0.2) is 57.0 Å². The maximum absolute atomic E-state index is 13.3. The second kappa shape index (κ2) is 9.65. The van der Waals surface area contributed by atoms with Crippen molar-refractivity contribution in [2.75, 3.05) is 33.4 Å². The molecule has 5 aromatic rings. The number of hydrogen-bond acceptors (Lipinski definition) is 9. The molecular formula is C28H27N5O5S. The second-order valence-corrected chi connectivity index (χ2v) is 11.1. The fraction of sp³-hybridized carbons (Fsp3) is 0.357. The zero-order valence-corrected chi connectivity index (χ0v) is 22.2. The normalized spacial score (nSPS) is 18.8. The van der Waals surface area contributed by atoms with Gasteiger partial charge in [0.15, 0.2) is 0 Å². The van der Waals surface area contributed by atoms with E-state index < -0.39 is 5.69 Å². The Labute approximate surface area is 226 Å². The number of unbranched alkanes of at least 4 members (excludes halogenated alkanes) is 1. The molecule has 200 valence electrons. The lowest BCUT2D eigenvalue weighted by Gasteiger charge is -2.29. The Bertz CT molecular complexity index is 1780. The molecule has 10 nitrogen and oxygen atoms in total. The molecule has 6 heterocycles. The molecule has 0 saturated carbocycles. The number of benzene rings is 1. The Balaban J connectivity index is 1.05. The van der Waals surface area contributed by atoms with Crippen LogP contribution in [0.4, 0.5) is 0 Å². The molecule has 1 fully saturated rings. The number of furan rings is 1. The van der Waals surface area contributed by atoms with Crippen molar-refractivity contribution in [1.82, 2.24) is 24.4 Å². The summed E-state index contributed by atoms with van der Waals surface area (Å²) in [5.74, 6) is 2.64. The maximum Gasteiger partial charge on any atom is 0.328 e. The largest absolute Gasteiger partial charge is 0.496 e. The summed E-state index contributed by atoms with van der Waals surface area (Å²) in [7, 11) is 1.71. The van der Waals surface area contributed by atoms with Crippen molar-refractivity contribution >= 4 is 31.9 Å². The van der Waals surface area contributed by atoms with Crippen LogP contribution in [-0.4, -0.2) is 57.8 Å². The van der Waals surface area contributed by atoms with Gasteiger partial charge in [-0.1, -0.05) is 6.07 Å². The SMILES string of the molecule is COc1cccc2c1[C@@H]1CN(CCCCn3c(=O)[nH]c4c(sc5ncc(-c6ccoc6)nc54)c3=O)C[C@@H]1CO2. The lowest BCUT2D eigenvalue weighted by molar-refractivity contribution is 0.209. The van der Waals surface area contributed by atoms with E-state index in [2.05, 4.69) is 19.9 Å².